The predicted octanol–water partition coefficient (Wildman–Crippen LogP) is 4.78. The fourth-order valence-corrected chi connectivity index (χ4v) is 1.70. The van der Waals surface area contributed by atoms with E-state index in [1.165, 1.54) is 5.56 Å². The lowest BCUT2D eigenvalue weighted by atomic mass is 9.87. The highest BCUT2D eigenvalue weighted by atomic mass is 31.1. The molecule has 94 valence electrons. The second-order valence-electron chi connectivity index (χ2n) is 5.50. The van der Waals surface area contributed by atoms with Gasteiger partial charge in [-0.25, -0.2) is 0 Å². The molecule has 0 spiro atoms. The summed E-state index contributed by atoms with van der Waals surface area (Å²) in [6, 6.07) is 8.01. The number of rotatable bonds is 4. The zero-order valence-electron chi connectivity index (χ0n) is 11.3. The van der Waals surface area contributed by atoms with Gasteiger partial charge in [-0.2, -0.15) is 0 Å². The SMILES string of the molecule is CCC(C)(Oc1ccc(C(C)(C)C)cc1)P=O. The van der Waals surface area contributed by atoms with E-state index in [0.717, 1.165) is 5.75 Å². The summed E-state index contributed by atoms with van der Waals surface area (Å²) in [5.74, 6) is 0.769. The average Bonchev–Trinajstić information content (AvgIpc) is 2.28. The lowest BCUT2D eigenvalue weighted by Crippen LogP contribution is -2.23. The molecule has 1 aromatic carbocycles. The van der Waals surface area contributed by atoms with Crippen molar-refractivity contribution >= 4 is 8.46 Å². The first-order valence-electron chi connectivity index (χ1n) is 5.95. The van der Waals surface area contributed by atoms with Crippen molar-refractivity contribution in [2.75, 3.05) is 0 Å². The van der Waals surface area contributed by atoms with Crippen molar-refractivity contribution in [2.45, 2.75) is 51.8 Å². The van der Waals surface area contributed by atoms with E-state index < -0.39 is 5.34 Å². The van der Waals surface area contributed by atoms with E-state index in [4.69, 9.17) is 4.74 Å². The molecule has 0 aliphatic heterocycles. The Morgan fingerprint density at radius 2 is 1.65 bits per heavy atom. The summed E-state index contributed by atoms with van der Waals surface area (Å²) in [7, 11) is 0.0230. The molecular formula is C14H21O2P. The van der Waals surface area contributed by atoms with Crippen LogP contribution in [-0.4, -0.2) is 5.34 Å². The minimum Gasteiger partial charge on any atom is -0.475 e. The normalized spacial score (nSPS) is 15.6. The fourth-order valence-electron chi connectivity index (χ4n) is 1.43. The van der Waals surface area contributed by atoms with Crippen molar-refractivity contribution in [3.8, 4) is 5.75 Å². The zero-order chi connectivity index (χ0) is 13.1. The number of benzene rings is 1. The van der Waals surface area contributed by atoms with Crippen LogP contribution in [0.3, 0.4) is 0 Å². The summed E-state index contributed by atoms with van der Waals surface area (Å²) in [5, 5.41) is -0.622. The molecule has 0 aliphatic carbocycles. The fraction of sp³-hybridized carbons (Fsp3) is 0.571. The number of ether oxygens (including phenoxy) is 1. The third kappa shape index (κ3) is 3.81. The molecule has 0 aliphatic rings. The van der Waals surface area contributed by atoms with Crippen LogP contribution in [-0.2, 0) is 9.98 Å². The van der Waals surface area contributed by atoms with E-state index in [2.05, 4.69) is 32.9 Å². The van der Waals surface area contributed by atoms with Crippen molar-refractivity contribution in [2.24, 2.45) is 0 Å². The van der Waals surface area contributed by atoms with Gasteiger partial charge in [0.2, 0.25) is 8.46 Å². The minimum absolute atomic E-state index is 0.0230. The van der Waals surface area contributed by atoms with Gasteiger partial charge in [0.25, 0.3) is 0 Å². The first kappa shape index (κ1) is 14.2. The quantitative estimate of drug-likeness (QED) is 0.721. The first-order chi connectivity index (χ1) is 7.80. The molecule has 0 saturated heterocycles. The zero-order valence-corrected chi connectivity index (χ0v) is 12.2. The summed E-state index contributed by atoms with van der Waals surface area (Å²) < 4.78 is 16.8. The monoisotopic (exact) mass is 252 g/mol. The Kier molecular flexibility index (Phi) is 4.32. The predicted molar refractivity (Wildman–Crippen MR) is 72.1 cm³/mol. The largest absolute Gasteiger partial charge is 0.475 e. The van der Waals surface area contributed by atoms with Gasteiger partial charge < -0.3 is 4.74 Å². The Labute approximate surface area is 106 Å². The molecule has 1 unspecified atom stereocenters. The highest BCUT2D eigenvalue weighted by Crippen LogP contribution is 2.31. The molecule has 2 nitrogen and oxygen atoms in total. The van der Waals surface area contributed by atoms with Crippen molar-refractivity contribution in [1.82, 2.24) is 0 Å². The summed E-state index contributed by atoms with van der Waals surface area (Å²) in [4.78, 5) is 0. The second kappa shape index (κ2) is 5.18. The third-order valence-corrected chi connectivity index (χ3v) is 3.70. The molecule has 0 N–H and O–H groups in total. The summed E-state index contributed by atoms with van der Waals surface area (Å²) in [6.07, 6.45) is 0.707. The Hall–Kier alpha value is -0.880. The van der Waals surface area contributed by atoms with Crippen LogP contribution in [0.2, 0.25) is 0 Å². The maximum atomic E-state index is 11.1. The van der Waals surface area contributed by atoms with Crippen molar-refractivity contribution < 1.29 is 9.30 Å². The van der Waals surface area contributed by atoms with Crippen LogP contribution in [0.1, 0.15) is 46.6 Å². The lowest BCUT2D eigenvalue weighted by Gasteiger charge is -2.23. The van der Waals surface area contributed by atoms with Crippen LogP contribution < -0.4 is 4.74 Å². The van der Waals surface area contributed by atoms with Gasteiger partial charge in [0.1, 0.15) is 5.75 Å². The highest BCUT2D eigenvalue weighted by Gasteiger charge is 2.24. The molecule has 0 saturated carbocycles. The molecule has 1 atom stereocenters. The molecule has 0 heterocycles. The average molecular weight is 252 g/mol. The number of hydrogen-bond acceptors (Lipinski definition) is 2. The molecule has 1 rings (SSSR count). The lowest BCUT2D eigenvalue weighted by molar-refractivity contribution is 0.174. The molecule has 0 bridgehead atoms. The van der Waals surface area contributed by atoms with Crippen molar-refractivity contribution in [3.63, 3.8) is 0 Å². The number of hydrogen-bond donors (Lipinski definition) is 0. The molecule has 0 amide bonds. The van der Waals surface area contributed by atoms with Crippen molar-refractivity contribution in [3.05, 3.63) is 29.8 Å². The van der Waals surface area contributed by atoms with Gasteiger partial charge in [0.15, 0.2) is 5.34 Å². The molecule has 0 fully saturated rings. The Balaban J connectivity index is 2.86. The van der Waals surface area contributed by atoms with Crippen LogP contribution in [0.5, 0.6) is 5.75 Å². The van der Waals surface area contributed by atoms with Gasteiger partial charge in [-0.05, 0) is 36.5 Å². The molecular weight excluding hydrogens is 231 g/mol. The smallest absolute Gasteiger partial charge is 0.203 e. The molecule has 1 aromatic rings. The van der Waals surface area contributed by atoms with E-state index in [0.29, 0.717) is 6.42 Å². The van der Waals surface area contributed by atoms with Crippen LogP contribution >= 0.6 is 8.46 Å². The molecule has 0 radical (unpaired) electrons. The highest BCUT2D eigenvalue weighted by molar-refractivity contribution is 7.25. The van der Waals surface area contributed by atoms with Gasteiger partial charge in [-0.15, -0.1) is 0 Å². The Morgan fingerprint density at radius 3 is 2.00 bits per heavy atom. The van der Waals surface area contributed by atoms with E-state index in [1.807, 2.05) is 26.0 Å². The third-order valence-electron chi connectivity index (χ3n) is 2.91. The van der Waals surface area contributed by atoms with Gasteiger partial charge in [-0.3, -0.25) is 4.57 Å². The van der Waals surface area contributed by atoms with E-state index in [-0.39, 0.29) is 13.9 Å². The minimum atomic E-state index is -0.622. The first-order valence-corrected chi connectivity index (χ1v) is 6.76. The van der Waals surface area contributed by atoms with Crippen LogP contribution in [0.15, 0.2) is 24.3 Å². The van der Waals surface area contributed by atoms with Gasteiger partial charge >= 0.3 is 0 Å². The van der Waals surface area contributed by atoms with Crippen LogP contribution in [0.25, 0.3) is 0 Å². The van der Waals surface area contributed by atoms with Gasteiger partial charge in [0.05, 0.1) is 0 Å². The van der Waals surface area contributed by atoms with E-state index >= 15 is 0 Å². The van der Waals surface area contributed by atoms with Gasteiger partial charge in [0, 0.05) is 0 Å². The van der Waals surface area contributed by atoms with Gasteiger partial charge in [-0.1, -0.05) is 39.8 Å². The van der Waals surface area contributed by atoms with Crippen LogP contribution in [0, 0.1) is 0 Å². The van der Waals surface area contributed by atoms with Crippen LogP contribution in [0.4, 0.5) is 0 Å². The molecule has 0 aromatic heterocycles. The summed E-state index contributed by atoms with van der Waals surface area (Å²) in [6.45, 7) is 10.3. The van der Waals surface area contributed by atoms with E-state index in [9.17, 15) is 4.57 Å². The van der Waals surface area contributed by atoms with E-state index in [1.54, 1.807) is 0 Å². The second-order valence-corrected chi connectivity index (χ2v) is 6.62. The summed E-state index contributed by atoms with van der Waals surface area (Å²) >= 11 is 0. The molecule has 17 heavy (non-hydrogen) atoms. The maximum absolute atomic E-state index is 11.1. The Bertz CT molecular complexity index is 378. The maximum Gasteiger partial charge on any atom is 0.203 e. The Morgan fingerprint density at radius 1 is 1.12 bits per heavy atom. The standard InChI is InChI=1S/C14H21O2P/c1-6-14(5,17-15)16-12-9-7-11(8-10-12)13(2,3)4/h7-10H,6H2,1-5H3. The summed E-state index contributed by atoms with van der Waals surface area (Å²) in [5.41, 5.74) is 1.41. The molecule has 3 heteroatoms. The topological polar surface area (TPSA) is 26.3 Å². The van der Waals surface area contributed by atoms with Crippen molar-refractivity contribution in [1.29, 1.82) is 0 Å².